The molecule has 2 aliphatic rings. The second-order valence-corrected chi connectivity index (χ2v) is 7.34. The van der Waals surface area contributed by atoms with Crippen LogP contribution in [-0.2, 0) is 19.6 Å². The average Bonchev–Trinajstić information content (AvgIpc) is 3.04. The largest absolute Gasteiger partial charge is 0.480 e. The summed E-state index contributed by atoms with van der Waals surface area (Å²) in [6, 6.07) is 0. The molecule has 2 rings (SSSR count). The van der Waals surface area contributed by atoms with Crippen molar-refractivity contribution in [1.29, 1.82) is 0 Å². The number of ether oxygens (including phenoxy) is 1. The highest BCUT2D eigenvalue weighted by Crippen LogP contribution is 2.52. The molecule has 0 heterocycles. The Hall–Kier alpha value is -1.79. The minimum atomic E-state index is -4.79. The number of carboxylic acid groups (broad SMARTS) is 1. The van der Waals surface area contributed by atoms with Gasteiger partial charge in [0.15, 0.2) is 0 Å². The number of alkyl carbamates (subject to hydrolysis) is 1. The van der Waals surface area contributed by atoms with Crippen molar-refractivity contribution in [3.8, 4) is 11.8 Å². The minimum Gasteiger partial charge on any atom is -0.480 e. The third-order valence-corrected chi connectivity index (χ3v) is 5.40. The van der Waals surface area contributed by atoms with Crippen LogP contribution >= 0.6 is 0 Å². The summed E-state index contributed by atoms with van der Waals surface area (Å²) in [5.41, 5.74) is 0. The maximum atomic E-state index is 11.5. The van der Waals surface area contributed by atoms with E-state index in [2.05, 4.69) is 17.2 Å². The van der Waals surface area contributed by atoms with Gasteiger partial charge in [-0.2, -0.15) is 8.42 Å². The van der Waals surface area contributed by atoms with Crippen molar-refractivity contribution in [2.24, 2.45) is 17.8 Å². The van der Waals surface area contributed by atoms with E-state index in [4.69, 9.17) is 14.4 Å². The van der Waals surface area contributed by atoms with E-state index in [0.717, 1.165) is 25.7 Å². The van der Waals surface area contributed by atoms with Gasteiger partial charge in [-0.1, -0.05) is 0 Å². The van der Waals surface area contributed by atoms with Gasteiger partial charge < -0.3 is 15.2 Å². The molecule has 0 aromatic rings. The predicted molar refractivity (Wildman–Crippen MR) is 79.0 cm³/mol. The molecule has 0 radical (unpaired) electrons. The number of hydrogen-bond donors (Lipinski definition) is 3. The Labute approximate surface area is 134 Å². The number of fused-ring (bicyclic) bond motifs is 1. The summed E-state index contributed by atoms with van der Waals surface area (Å²) in [6.45, 7) is -0.539. The molecule has 3 N–H and O–H groups in total. The van der Waals surface area contributed by atoms with Crippen LogP contribution in [0, 0.1) is 29.6 Å². The molecule has 4 atom stereocenters. The predicted octanol–water partition coefficient (Wildman–Crippen LogP) is 0.493. The lowest BCUT2D eigenvalue weighted by Crippen LogP contribution is -2.41. The van der Waals surface area contributed by atoms with E-state index >= 15 is 0 Å². The van der Waals surface area contributed by atoms with Crippen molar-refractivity contribution < 1.29 is 32.4 Å². The first-order valence-corrected chi connectivity index (χ1v) is 8.86. The van der Waals surface area contributed by atoms with Gasteiger partial charge in [-0.25, -0.2) is 4.79 Å². The van der Waals surface area contributed by atoms with Crippen LogP contribution in [0.25, 0.3) is 0 Å². The van der Waals surface area contributed by atoms with Gasteiger partial charge in [0, 0.05) is 12.8 Å². The number of aliphatic carboxylic acids is 1. The van der Waals surface area contributed by atoms with E-state index < -0.39 is 34.0 Å². The van der Waals surface area contributed by atoms with Gasteiger partial charge >= 0.3 is 12.1 Å². The Kier molecular flexibility index (Phi) is 5.49. The molecule has 1 unspecified atom stereocenters. The summed E-state index contributed by atoms with van der Waals surface area (Å²) < 4.78 is 35.5. The van der Waals surface area contributed by atoms with Crippen LogP contribution in [0.4, 0.5) is 4.79 Å². The van der Waals surface area contributed by atoms with Crippen molar-refractivity contribution in [3.05, 3.63) is 0 Å². The highest BCUT2D eigenvalue weighted by molar-refractivity contribution is 7.87. The van der Waals surface area contributed by atoms with E-state index in [1.165, 1.54) is 0 Å². The van der Waals surface area contributed by atoms with E-state index in [1.807, 2.05) is 0 Å². The molecule has 23 heavy (non-hydrogen) atoms. The lowest BCUT2D eigenvalue weighted by atomic mass is 10.1. The molecule has 2 aliphatic carbocycles. The number of hydrogen-bond acceptors (Lipinski definition) is 5. The Morgan fingerprint density at radius 1 is 1.22 bits per heavy atom. The average molecular weight is 345 g/mol. The van der Waals surface area contributed by atoms with Crippen LogP contribution in [0.5, 0.6) is 0 Å². The highest BCUT2D eigenvalue weighted by Gasteiger charge is 2.49. The Morgan fingerprint density at radius 3 is 2.26 bits per heavy atom. The van der Waals surface area contributed by atoms with Gasteiger partial charge in [0.2, 0.25) is 5.25 Å². The Morgan fingerprint density at radius 2 is 1.78 bits per heavy atom. The van der Waals surface area contributed by atoms with Crippen molar-refractivity contribution in [3.63, 3.8) is 0 Å². The fraction of sp³-hybridized carbons (Fsp3) is 0.714. The van der Waals surface area contributed by atoms with Gasteiger partial charge in [0.05, 0.1) is 13.2 Å². The first-order valence-electron chi connectivity index (χ1n) is 7.36. The molecule has 0 spiro atoms. The molecule has 0 aromatic heterocycles. The lowest BCUT2D eigenvalue weighted by Gasteiger charge is -2.11. The minimum absolute atomic E-state index is 0.213. The Balaban J connectivity index is 1.73. The molecule has 0 saturated heterocycles. The second-order valence-electron chi connectivity index (χ2n) is 5.74. The van der Waals surface area contributed by atoms with Crippen molar-refractivity contribution >= 4 is 22.2 Å². The van der Waals surface area contributed by atoms with E-state index in [1.54, 1.807) is 0 Å². The first kappa shape index (κ1) is 17.6. The molecular weight excluding hydrogens is 326 g/mol. The SMILES string of the molecule is O=C(NC[C@H](C(=O)O)S(=O)(=O)O)OCC1[C@H]2CCC#CCC[C@@H]12. The number of amides is 1. The van der Waals surface area contributed by atoms with Crippen LogP contribution in [0.2, 0.25) is 0 Å². The third-order valence-electron chi connectivity index (χ3n) is 4.31. The number of rotatable bonds is 6. The molecule has 1 amide bonds. The van der Waals surface area contributed by atoms with Crippen LogP contribution in [0.3, 0.4) is 0 Å². The second kappa shape index (κ2) is 7.19. The summed E-state index contributed by atoms with van der Waals surface area (Å²) in [5, 5.41) is 8.65. The highest BCUT2D eigenvalue weighted by atomic mass is 32.2. The third kappa shape index (κ3) is 4.84. The molecule has 0 aliphatic heterocycles. The topological polar surface area (TPSA) is 130 Å². The summed E-state index contributed by atoms with van der Waals surface area (Å²) >= 11 is 0. The summed E-state index contributed by atoms with van der Waals surface area (Å²) in [4.78, 5) is 22.3. The summed E-state index contributed by atoms with van der Waals surface area (Å²) in [6.07, 6.45) is 2.76. The van der Waals surface area contributed by atoms with Crippen LogP contribution in [0.15, 0.2) is 0 Å². The van der Waals surface area contributed by atoms with Crippen molar-refractivity contribution in [2.45, 2.75) is 30.9 Å². The fourth-order valence-electron chi connectivity index (χ4n) is 3.00. The summed E-state index contributed by atoms with van der Waals surface area (Å²) in [7, 11) is -4.79. The molecule has 0 aromatic carbocycles. The number of carboxylic acids is 1. The standard InChI is InChI=1S/C14H19NO7S/c16-13(17)12(23(19,20)21)7-15-14(18)22-8-11-9-5-3-1-2-4-6-10(9)11/h9-12H,3-8H2,(H,15,18)(H,16,17)(H,19,20,21)/t9-,10+,11?,12-/m1/s1. The van der Waals surface area contributed by atoms with Gasteiger partial charge in [0.25, 0.3) is 10.1 Å². The number of carbonyl (C=O) groups is 2. The van der Waals surface area contributed by atoms with Gasteiger partial charge in [0.1, 0.15) is 0 Å². The first-order chi connectivity index (χ1) is 10.8. The monoisotopic (exact) mass is 345 g/mol. The molecule has 1 fully saturated rings. The molecule has 9 heteroatoms. The van der Waals surface area contributed by atoms with E-state index in [-0.39, 0.29) is 12.5 Å². The van der Waals surface area contributed by atoms with Crippen molar-refractivity contribution in [2.75, 3.05) is 13.2 Å². The number of nitrogens with one attached hydrogen (secondary N) is 1. The fourth-order valence-corrected chi connectivity index (χ4v) is 3.55. The van der Waals surface area contributed by atoms with Gasteiger partial charge in [-0.15, -0.1) is 11.8 Å². The maximum absolute atomic E-state index is 11.5. The van der Waals surface area contributed by atoms with Crippen LogP contribution in [0.1, 0.15) is 25.7 Å². The Bertz CT molecular complexity index is 615. The maximum Gasteiger partial charge on any atom is 0.407 e. The molecule has 0 bridgehead atoms. The zero-order valence-corrected chi connectivity index (χ0v) is 13.2. The summed E-state index contributed by atoms with van der Waals surface area (Å²) in [5.74, 6) is 5.70. The zero-order valence-electron chi connectivity index (χ0n) is 12.4. The quantitative estimate of drug-likeness (QED) is 0.472. The van der Waals surface area contributed by atoms with Crippen LogP contribution < -0.4 is 5.32 Å². The van der Waals surface area contributed by atoms with E-state index in [0.29, 0.717) is 11.8 Å². The van der Waals surface area contributed by atoms with Gasteiger partial charge in [-0.05, 0) is 30.6 Å². The van der Waals surface area contributed by atoms with E-state index in [9.17, 15) is 18.0 Å². The smallest absolute Gasteiger partial charge is 0.407 e. The molecule has 8 nitrogen and oxygen atoms in total. The van der Waals surface area contributed by atoms with Crippen LogP contribution in [-0.4, -0.2) is 48.5 Å². The van der Waals surface area contributed by atoms with Crippen molar-refractivity contribution in [1.82, 2.24) is 5.32 Å². The normalized spacial score (nSPS) is 27.3. The molecule has 1 saturated carbocycles. The van der Waals surface area contributed by atoms with Gasteiger partial charge in [-0.3, -0.25) is 9.35 Å². The molecule has 128 valence electrons. The zero-order chi connectivity index (χ0) is 17.0. The lowest BCUT2D eigenvalue weighted by molar-refractivity contribution is -0.136. The number of carbonyl (C=O) groups excluding carboxylic acids is 1. The molecular formula is C14H19NO7S.